The highest BCUT2D eigenvalue weighted by Crippen LogP contribution is 2.33. The van der Waals surface area contributed by atoms with Crippen LogP contribution in [0.2, 0.25) is 0 Å². The summed E-state index contributed by atoms with van der Waals surface area (Å²) in [5.74, 6) is -0.748. The average Bonchev–Trinajstić information content (AvgIpc) is 3.23. The van der Waals surface area contributed by atoms with Crippen molar-refractivity contribution in [1.29, 1.82) is 0 Å². The van der Waals surface area contributed by atoms with Crippen LogP contribution in [0.1, 0.15) is 6.92 Å². The van der Waals surface area contributed by atoms with Crippen molar-refractivity contribution >= 4 is 44.5 Å². The van der Waals surface area contributed by atoms with E-state index >= 15 is 0 Å². The summed E-state index contributed by atoms with van der Waals surface area (Å²) in [5.41, 5.74) is 4.05. The van der Waals surface area contributed by atoms with Gasteiger partial charge in [0.25, 0.3) is 5.91 Å². The largest absolute Gasteiger partial charge is 0.510 e. The van der Waals surface area contributed by atoms with Crippen molar-refractivity contribution in [2.75, 3.05) is 24.3 Å². The molecule has 8 heteroatoms. The number of nitrogens with zero attached hydrogens (tertiary/aromatic N) is 4. The van der Waals surface area contributed by atoms with Crippen LogP contribution >= 0.6 is 11.3 Å². The lowest BCUT2D eigenvalue weighted by Crippen LogP contribution is -2.14. The molecule has 166 valence electrons. The van der Waals surface area contributed by atoms with Crippen LogP contribution in [0.5, 0.6) is 0 Å². The maximum atomic E-state index is 12.5. The summed E-state index contributed by atoms with van der Waals surface area (Å²) in [5, 5.41) is 21.7. The number of hydrogen-bond acceptors (Lipinski definition) is 7. The van der Waals surface area contributed by atoms with Crippen LogP contribution < -0.4 is 10.2 Å². The van der Waals surface area contributed by atoms with Crippen molar-refractivity contribution in [3.05, 3.63) is 84.3 Å². The highest BCUT2D eigenvalue weighted by molar-refractivity contribution is 7.21. The van der Waals surface area contributed by atoms with Crippen LogP contribution in [-0.4, -0.2) is 30.1 Å². The van der Waals surface area contributed by atoms with Gasteiger partial charge in [-0.25, -0.2) is 4.98 Å². The van der Waals surface area contributed by atoms with Gasteiger partial charge in [0.05, 0.1) is 15.9 Å². The van der Waals surface area contributed by atoms with Crippen LogP contribution in [0.25, 0.3) is 20.8 Å². The van der Waals surface area contributed by atoms with Crippen LogP contribution in [0.15, 0.2) is 94.5 Å². The molecule has 0 spiro atoms. The molecule has 0 atom stereocenters. The molecule has 1 amide bonds. The lowest BCUT2D eigenvalue weighted by Gasteiger charge is -2.11. The van der Waals surface area contributed by atoms with E-state index in [1.807, 2.05) is 44.4 Å². The van der Waals surface area contributed by atoms with Gasteiger partial charge in [0.1, 0.15) is 10.8 Å². The number of amides is 1. The number of aromatic nitrogens is 1. The van der Waals surface area contributed by atoms with Gasteiger partial charge in [0, 0.05) is 31.0 Å². The van der Waals surface area contributed by atoms with Gasteiger partial charge in [-0.2, -0.15) is 5.11 Å². The van der Waals surface area contributed by atoms with E-state index in [9.17, 15) is 9.90 Å². The number of benzene rings is 3. The molecule has 0 aliphatic rings. The number of azo groups is 1. The molecule has 2 N–H and O–H groups in total. The summed E-state index contributed by atoms with van der Waals surface area (Å²) in [7, 11) is 4.01. The van der Waals surface area contributed by atoms with E-state index in [0.717, 1.165) is 26.5 Å². The zero-order valence-electron chi connectivity index (χ0n) is 18.5. The van der Waals surface area contributed by atoms with Gasteiger partial charge < -0.3 is 15.3 Å². The molecule has 0 aliphatic heterocycles. The number of nitrogens with one attached hydrogen (secondary N) is 1. The molecule has 1 heterocycles. The summed E-state index contributed by atoms with van der Waals surface area (Å²) in [6.45, 7) is 1.40. The minimum absolute atomic E-state index is 0.148. The Morgan fingerprint density at radius 2 is 1.76 bits per heavy atom. The summed E-state index contributed by atoms with van der Waals surface area (Å²) in [6.07, 6.45) is 0. The molecule has 0 aliphatic carbocycles. The van der Waals surface area contributed by atoms with Crippen LogP contribution in [0.3, 0.4) is 0 Å². The van der Waals surface area contributed by atoms with Gasteiger partial charge >= 0.3 is 0 Å². The van der Waals surface area contributed by atoms with E-state index in [2.05, 4.69) is 44.7 Å². The molecule has 4 aromatic rings. The Morgan fingerprint density at radius 1 is 1.03 bits per heavy atom. The Hall–Kier alpha value is -4.04. The molecule has 0 fully saturated rings. The predicted molar refractivity (Wildman–Crippen MR) is 134 cm³/mol. The molecule has 0 radical (unpaired) electrons. The maximum Gasteiger partial charge on any atom is 0.279 e. The van der Waals surface area contributed by atoms with E-state index in [1.165, 1.54) is 6.92 Å². The van der Waals surface area contributed by atoms with E-state index in [-0.39, 0.29) is 11.5 Å². The quantitative estimate of drug-likeness (QED) is 0.195. The van der Waals surface area contributed by atoms with Gasteiger partial charge in [-0.15, -0.1) is 16.5 Å². The van der Waals surface area contributed by atoms with Crippen molar-refractivity contribution in [2.24, 2.45) is 10.2 Å². The number of hydrogen-bond donors (Lipinski definition) is 2. The van der Waals surface area contributed by atoms with E-state index in [4.69, 9.17) is 4.98 Å². The van der Waals surface area contributed by atoms with Gasteiger partial charge in [0.15, 0.2) is 5.70 Å². The van der Waals surface area contributed by atoms with Crippen LogP contribution in [0, 0.1) is 0 Å². The lowest BCUT2D eigenvalue weighted by atomic mass is 10.2. The van der Waals surface area contributed by atoms with Gasteiger partial charge in [0.2, 0.25) is 0 Å². The standard InChI is InChI=1S/C25H23N5O2S/c1-16(31)23(24(32)26-18-7-5-4-6-8-18)29-28-19-11-14-21-22(15-19)33-25(27-21)17-9-12-20(13-10-17)30(2)3/h4-15,31H,1-3H3,(H,26,32)/b23-16+,29-28?. The third-order valence-electron chi connectivity index (χ3n) is 4.86. The smallest absolute Gasteiger partial charge is 0.279 e. The summed E-state index contributed by atoms with van der Waals surface area (Å²) >= 11 is 1.56. The van der Waals surface area contributed by atoms with Crippen molar-refractivity contribution < 1.29 is 9.90 Å². The number of aliphatic hydroxyl groups excluding tert-OH is 1. The second-order valence-corrected chi connectivity index (χ2v) is 8.60. The van der Waals surface area contributed by atoms with Crippen molar-refractivity contribution in [2.45, 2.75) is 6.92 Å². The number of fused-ring (bicyclic) bond motifs is 1. The highest BCUT2D eigenvalue weighted by Gasteiger charge is 2.14. The number of carbonyl (C=O) groups is 1. The molecule has 3 aromatic carbocycles. The lowest BCUT2D eigenvalue weighted by molar-refractivity contribution is -0.113. The average molecular weight is 458 g/mol. The molecule has 0 saturated carbocycles. The summed E-state index contributed by atoms with van der Waals surface area (Å²) < 4.78 is 0.957. The Bertz CT molecular complexity index is 1340. The maximum absolute atomic E-state index is 12.5. The van der Waals surface area contributed by atoms with Crippen LogP contribution in [-0.2, 0) is 4.79 Å². The van der Waals surface area contributed by atoms with E-state index < -0.39 is 5.91 Å². The Kier molecular flexibility index (Phi) is 6.46. The zero-order valence-corrected chi connectivity index (χ0v) is 19.3. The second kappa shape index (κ2) is 9.62. The SMILES string of the molecule is C/C(O)=C(\N=Nc1ccc2nc(-c3ccc(N(C)C)cc3)sc2c1)C(=O)Nc1ccccc1. The molecule has 33 heavy (non-hydrogen) atoms. The third-order valence-corrected chi connectivity index (χ3v) is 5.92. The number of para-hydroxylation sites is 1. The predicted octanol–water partition coefficient (Wildman–Crippen LogP) is 6.54. The first-order valence-electron chi connectivity index (χ1n) is 10.3. The van der Waals surface area contributed by atoms with E-state index in [1.54, 1.807) is 29.5 Å². The fourth-order valence-electron chi connectivity index (χ4n) is 3.10. The van der Waals surface area contributed by atoms with Crippen molar-refractivity contribution in [3.63, 3.8) is 0 Å². The zero-order chi connectivity index (χ0) is 23.4. The number of thiazole rings is 1. The topological polar surface area (TPSA) is 90.2 Å². The molecule has 0 unspecified atom stereocenters. The molecule has 0 bridgehead atoms. The third kappa shape index (κ3) is 5.24. The van der Waals surface area contributed by atoms with Gasteiger partial charge in [-0.1, -0.05) is 18.2 Å². The molecular formula is C25H23N5O2S. The number of carbonyl (C=O) groups excluding carboxylic acids is 1. The van der Waals surface area contributed by atoms with Crippen LogP contribution in [0.4, 0.5) is 17.1 Å². The molecule has 1 aromatic heterocycles. The fourth-order valence-corrected chi connectivity index (χ4v) is 4.11. The van der Waals surface area contributed by atoms with Gasteiger partial charge in [-0.05, 0) is 61.5 Å². The normalized spacial score (nSPS) is 12.1. The first kappa shape index (κ1) is 22.2. The monoisotopic (exact) mass is 457 g/mol. The molecule has 0 saturated heterocycles. The molecular weight excluding hydrogens is 434 g/mol. The highest BCUT2D eigenvalue weighted by atomic mass is 32.1. The molecule has 4 rings (SSSR count). The minimum atomic E-state index is -0.535. The first-order valence-corrected chi connectivity index (χ1v) is 11.1. The van der Waals surface area contributed by atoms with Gasteiger partial charge in [-0.3, -0.25) is 4.79 Å². The number of rotatable bonds is 6. The van der Waals surface area contributed by atoms with Crippen molar-refractivity contribution in [3.8, 4) is 10.6 Å². The molecule has 7 nitrogen and oxygen atoms in total. The Balaban J connectivity index is 1.55. The number of anilines is 2. The first-order chi connectivity index (χ1) is 15.9. The Morgan fingerprint density at radius 3 is 2.42 bits per heavy atom. The fraction of sp³-hybridized carbons (Fsp3) is 0.120. The van der Waals surface area contributed by atoms with Crippen molar-refractivity contribution in [1.82, 2.24) is 4.98 Å². The number of allylic oxidation sites excluding steroid dienone is 1. The second-order valence-electron chi connectivity index (χ2n) is 7.57. The number of aliphatic hydroxyl groups is 1. The summed E-state index contributed by atoms with van der Waals surface area (Å²) in [6, 6.07) is 22.7. The summed E-state index contributed by atoms with van der Waals surface area (Å²) in [4.78, 5) is 19.3. The minimum Gasteiger partial charge on any atom is -0.510 e. The Labute approximate surface area is 195 Å². The van der Waals surface area contributed by atoms with E-state index in [0.29, 0.717) is 11.4 Å².